The first-order chi connectivity index (χ1) is 10.1. The van der Waals surface area contributed by atoms with E-state index in [1.165, 1.54) is 0 Å². The third-order valence-electron chi connectivity index (χ3n) is 6.36. The summed E-state index contributed by atoms with van der Waals surface area (Å²) in [5.74, 6) is -0.125. The second kappa shape index (κ2) is 3.40. The molecule has 0 aromatic heterocycles. The number of esters is 2. The molecule has 3 aliphatic heterocycles. The van der Waals surface area contributed by atoms with Crippen LogP contribution in [-0.4, -0.2) is 30.9 Å². The minimum Gasteiger partial charge on any atom is -0.461 e. The fourth-order valence-electron chi connectivity index (χ4n) is 5.36. The largest absolute Gasteiger partial charge is 0.461 e. The van der Waals surface area contributed by atoms with Gasteiger partial charge in [0.05, 0.1) is 17.9 Å². The second-order valence-electron chi connectivity index (χ2n) is 6.95. The maximum absolute atomic E-state index is 12.1. The Bertz CT molecular complexity index is 635. The lowest BCUT2D eigenvalue weighted by Gasteiger charge is -2.51. The zero-order valence-electron chi connectivity index (χ0n) is 11.7. The predicted molar refractivity (Wildman–Crippen MR) is 69.7 cm³/mol. The average Bonchev–Trinajstić information content (AvgIpc) is 3.00. The van der Waals surface area contributed by atoms with E-state index < -0.39 is 6.29 Å². The molecule has 0 radical (unpaired) electrons. The summed E-state index contributed by atoms with van der Waals surface area (Å²) in [6, 6.07) is 0. The fraction of sp³-hybridized carbons (Fsp3) is 0.625. The van der Waals surface area contributed by atoms with Crippen molar-refractivity contribution in [2.45, 2.75) is 32.2 Å². The molecule has 110 valence electrons. The van der Waals surface area contributed by atoms with Crippen LogP contribution in [0, 0.1) is 22.7 Å². The number of fused-ring (bicyclic) bond motifs is 1. The molecule has 21 heavy (non-hydrogen) atoms. The van der Waals surface area contributed by atoms with Crippen LogP contribution >= 0.6 is 0 Å². The first kappa shape index (κ1) is 12.0. The van der Waals surface area contributed by atoms with Gasteiger partial charge >= 0.3 is 11.9 Å². The Kier molecular flexibility index (Phi) is 1.94. The molecule has 4 fully saturated rings. The minimum absolute atomic E-state index is 0.0174. The summed E-state index contributed by atoms with van der Waals surface area (Å²) in [5.41, 5.74) is 0.0466. The highest BCUT2D eigenvalue weighted by atomic mass is 16.7. The summed E-state index contributed by atoms with van der Waals surface area (Å²) in [6.07, 6.45) is 6.58. The van der Waals surface area contributed by atoms with Crippen LogP contribution in [-0.2, 0) is 23.8 Å². The number of ether oxygens (including phenoxy) is 3. The highest BCUT2D eigenvalue weighted by Gasteiger charge is 2.74. The molecule has 0 aromatic carbocycles. The molecular formula is C16H16O5. The summed E-state index contributed by atoms with van der Waals surface area (Å²) in [7, 11) is 0. The maximum Gasteiger partial charge on any atom is 0.334 e. The van der Waals surface area contributed by atoms with Crippen LogP contribution in [0.3, 0.4) is 0 Å². The van der Waals surface area contributed by atoms with Crippen LogP contribution in [0.4, 0.5) is 0 Å². The molecule has 5 aliphatic rings. The Morgan fingerprint density at radius 2 is 2.19 bits per heavy atom. The molecule has 5 nitrogen and oxygen atoms in total. The normalized spacial score (nSPS) is 52.7. The third-order valence-corrected chi connectivity index (χ3v) is 6.36. The molecule has 1 saturated carbocycles. The lowest BCUT2D eigenvalue weighted by molar-refractivity contribution is -0.166. The minimum atomic E-state index is -0.478. The van der Waals surface area contributed by atoms with Crippen molar-refractivity contribution in [3.8, 4) is 0 Å². The van der Waals surface area contributed by atoms with Gasteiger partial charge in [-0.25, -0.2) is 4.79 Å². The summed E-state index contributed by atoms with van der Waals surface area (Å²) in [5, 5.41) is 0. The van der Waals surface area contributed by atoms with Crippen molar-refractivity contribution >= 4 is 11.9 Å². The number of rotatable bonds is 0. The standard InChI is InChI=1S/C16H16O5/c1-8-10-5-15-7-19-13(18)9(15)3-2-4-11(15)16(8)6-12(17)21-14(16)20-10/h2-4,8,10-11,14H,5-7H2,1H3/t8-,10-,11-,14-,15-,16-/m1/s1. The summed E-state index contributed by atoms with van der Waals surface area (Å²) in [6.45, 7) is 2.53. The van der Waals surface area contributed by atoms with Gasteiger partial charge in [0.1, 0.15) is 6.61 Å². The maximum atomic E-state index is 12.1. The van der Waals surface area contributed by atoms with E-state index in [0.717, 1.165) is 12.0 Å². The Morgan fingerprint density at radius 1 is 1.33 bits per heavy atom. The Morgan fingerprint density at radius 3 is 3.05 bits per heavy atom. The molecule has 2 spiro atoms. The lowest BCUT2D eigenvalue weighted by atomic mass is 9.48. The van der Waals surface area contributed by atoms with Gasteiger partial charge in [-0.3, -0.25) is 4.79 Å². The molecule has 0 unspecified atom stereocenters. The molecule has 0 amide bonds. The summed E-state index contributed by atoms with van der Waals surface area (Å²) < 4.78 is 16.8. The van der Waals surface area contributed by atoms with E-state index >= 15 is 0 Å². The van der Waals surface area contributed by atoms with Crippen molar-refractivity contribution < 1.29 is 23.8 Å². The van der Waals surface area contributed by atoms with Gasteiger partial charge in [-0.2, -0.15) is 0 Å². The van der Waals surface area contributed by atoms with Gasteiger partial charge in [0.2, 0.25) is 6.29 Å². The zero-order chi connectivity index (χ0) is 14.4. The quantitative estimate of drug-likeness (QED) is 0.629. The van der Waals surface area contributed by atoms with E-state index in [0.29, 0.717) is 13.0 Å². The van der Waals surface area contributed by atoms with Crippen molar-refractivity contribution in [3.63, 3.8) is 0 Å². The molecule has 6 atom stereocenters. The number of hydrogen-bond donors (Lipinski definition) is 0. The van der Waals surface area contributed by atoms with Crippen LogP contribution < -0.4 is 0 Å². The van der Waals surface area contributed by atoms with E-state index in [2.05, 4.69) is 13.0 Å². The monoisotopic (exact) mass is 288 g/mol. The smallest absolute Gasteiger partial charge is 0.334 e. The van der Waals surface area contributed by atoms with Gasteiger partial charge in [-0.15, -0.1) is 0 Å². The SMILES string of the molecule is C[C@@H]1[C@H]2C[C@@]34COC(=O)C3=CC=C[C@H]4[C@@]13CC(=O)O[C@H]3O2. The van der Waals surface area contributed by atoms with Gasteiger partial charge in [0.25, 0.3) is 0 Å². The van der Waals surface area contributed by atoms with E-state index in [4.69, 9.17) is 14.2 Å². The molecule has 0 aromatic rings. The first-order valence-electron chi connectivity index (χ1n) is 7.49. The van der Waals surface area contributed by atoms with Crippen molar-refractivity contribution in [1.29, 1.82) is 0 Å². The summed E-state index contributed by atoms with van der Waals surface area (Å²) >= 11 is 0. The Balaban J connectivity index is 1.72. The van der Waals surface area contributed by atoms with Gasteiger partial charge in [-0.1, -0.05) is 25.2 Å². The summed E-state index contributed by atoms with van der Waals surface area (Å²) in [4.78, 5) is 24.0. The topological polar surface area (TPSA) is 61.8 Å². The first-order valence-corrected chi connectivity index (χ1v) is 7.49. The molecular weight excluding hydrogens is 272 g/mol. The highest BCUT2D eigenvalue weighted by molar-refractivity contribution is 5.93. The zero-order valence-corrected chi connectivity index (χ0v) is 11.7. The van der Waals surface area contributed by atoms with Crippen LogP contribution in [0.15, 0.2) is 23.8 Å². The van der Waals surface area contributed by atoms with Gasteiger partial charge in [0, 0.05) is 16.9 Å². The molecule has 3 heterocycles. The van der Waals surface area contributed by atoms with Crippen LogP contribution in [0.5, 0.6) is 0 Å². The predicted octanol–water partition coefficient (Wildman–Crippen LogP) is 1.34. The van der Waals surface area contributed by atoms with Crippen molar-refractivity contribution in [2.75, 3.05) is 6.61 Å². The number of cyclic esters (lactones) is 1. The Labute approximate surface area is 121 Å². The molecule has 5 rings (SSSR count). The van der Waals surface area contributed by atoms with Crippen molar-refractivity contribution in [2.24, 2.45) is 22.7 Å². The number of carbonyl (C=O) groups is 2. The van der Waals surface area contributed by atoms with E-state index in [1.807, 2.05) is 12.2 Å². The highest BCUT2D eigenvalue weighted by Crippen LogP contribution is 2.69. The molecule has 3 saturated heterocycles. The fourth-order valence-corrected chi connectivity index (χ4v) is 5.36. The number of hydrogen-bond acceptors (Lipinski definition) is 5. The molecule has 2 bridgehead atoms. The van der Waals surface area contributed by atoms with Gasteiger partial charge < -0.3 is 14.2 Å². The molecule has 5 heteroatoms. The van der Waals surface area contributed by atoms with Crippen molar-refractivity contribution in [3.05, 3.63) is 23.8 Å². The average molecular weight is 288 g/mol. The van der Waals surface area contributed by atoms with Gasteiger partial charge in [0.15, 0.2) is 0 Å². The van der Waals surface area contributed by atoms with E-state index in [-0.39, 0.29) is 40.7 Å². The molecule has 0 N–H and O–H groups in total. The lowest BCUT2D eigenvalue weighted by Crippen LogP contribution is -2.54. The van der Waals surface area contributed by atoms with Crippen LogP contribution in [0.2, 0.25) is 0 Å². The third kappa shape index (κ3) is 1.12. The number of carbonyl (C=O) groups excluding carboxylic acids is 2. The second-order valence-corrected chi connectivity index (χ2v) is 6.95. The van der Waals surface area contributed by atoms with Crippen molar-refractivity contribution in [1.82, 2.24) is 0 Å². The van der Waals surface area contributed by atoms with E-state index in [9.17, 15) is 9.59 Å². The number of allylic oxidation sites excluding steroid dienone is 3. The van der Waals surface area contributed by atoms with Gasteiger partial charge in [-0.05, 0) is 12.3 Å². The Hall–Kier alpha value is -1.62. The van der Waals surface area contributed by atoms with Crippen LogP contribution in [0.1, 0.15) is 19.8 Å². The van der Waals surface area contributed by atoms with E-state index in [1.54, 1.807) is 0 Å². The van der Waals surface area contributed by atoms with Crippen LogP contribution in [0.25, 0.3) is 0 Å². The molecule has 2 aliphatic carbocycles.